The number of rotatable bonds is 4. The topological polar surface area (TPSA) is 106 Å². The Balaban J connectivity index is 3.50. The van der Waals surface area contributed by atoms with E-state index in [1.807, 2.05) is 0 Å². The zero-order chi connectivity index (χ0) is 12.5. The lowest BCUT2D eigenvalue weighted by Gasteiger charge is -2.03. The summed E-state index contributed by atoms with van der Waals surface area (Å²) in [6.07, 6.45) is 0. The quantitative estimate of drug-likeness (QED) is 0.750. The molecule has 2 N–H and O–H groups in total. The fourth-order valence-corrected chi connectivity index (χ4v) is 2.61. The van der Waals surface area contributed by atoms with Crippen molar-refractivity contribution in [2.75, 3.05) is 7.11 Å². The fourth-order valence-electron chi connectivity index (χ4n) is 1.39. The molecule has 0 amide bonds. The second kappa shape index (κ2) is 4.24. The molecule has 0 fully saturated rings. The van der Waals surface area contributed by atoms with Gasteiger partial charge >= 0.3 is 5.97 Å². The smallest absolute Gasteiger partial charge is 0.340 e. The number of sulfonamides is 1. The van der Waals surface area contributed by atoms with Crippen molar-refractivity contribution in [3.63, 3.8) is 0 Å². The van der Waals surface area contributed by atoms with Gasteiger partial charge in [-0.25, -0.2) is 13.2 Å². The van der Waals surface area contributed by atoms with Gasteiger partial charge in [0.1, 0.15) is 22.0 Å². The number of hydrogen-bond acceptors (Lipinski definition) is 5. The predicted molar refractivity (Wildman–Crippen MR) is 52.5 cm³/mol. The van der Waals surface area contributed by atoms with Gasteiger partial charge in [-0.1, -0.05) is 4.89 Å². The van der Waals surface area contributed by atoms with E-state index in [0.717, 1.165) is 7.11 Å². The van der Waals surface area contributed by atoms with E-state index in [0.29, 0.717) is 0 Å². The summed E-state index contributed by atoms with van der Waals surface area (Å²) in [5.74, 6) is -1.34. The SMILES string of the molecule is CONS(=O)(=O)c1c(C)oc(C)c1C(=O)O. The van der Waals surface area contributed by atoms with E-state index in [9.17, 15) is 13.2 Å². The summed E-state index contributed by atoms with van der Waals surface area (Å²) in [6, 6.07) is 0. The van der Waals surface area contributed by atoms with Crippen LogP contribution in [-0.4, -0.2) is 26.6 Å². The number of carbonyl (C=O) groups is 1. The molecule has 16 heavy (non-hydrogen) atoms. The Morgan fingerprint density at radius 3 is 2.38 bits per heavy atom. The first-order chi connectivity index (χ1) is 7.31. The Bertz CT molecular complexity index is 515. The van der Waals surface area contributed by atoms with Crippen molar-refractivity contribution in [3.8, 4) is 0 Å². The Kier molecular flexibility index (Phi) is 3.36. The maximum absolute atomic E-state index is 11.6. The summed E-state index contributed by atoms with van der Waals surface area (Å²) < 4.78 is 28.2. The highest BCUT2D eigenvalue weighted by atomic mass is 32.2. The lowest BCUT2D eigenvalue weighted by molar-refractivity contribution is 0.0691. The Morgan fingerprint density at radius 1 is 1.38 bits per heavy atom. The monoisotopic (exact) mass is 249 g/mol. The molecular weight excluding hydrogens is 238 g/mol. The summed E-state index contributed by atoms with van der Waals surface area (Å²) in [5, 5.41) is 8.90. The number of furan rings is 1. The van der Waals surface area contributed by atoms with Crippen LogP contribution >= 0.6 is 0 Å². The van der Waals surface area contributed by atoms with Crippen LogP contribution in [0.15, 0.2) is 9.31 Å². The second-order valence-electron chi connectivity index (χ2n) is 3.01. The largest absolute Gasteiger partial charge is 0.478 e. The Labute approximate surface area is 92.0 Å². The zero-order valence-corrected chi connectivity index (χ0v) is 9.71. The molecule has 1 aromatic rings. The van der Waals surface area contributed by atoms with Gasteiger partial charge in [0.25, 0.3) is 10.0 Å². The molecule has 0 aliphatic rings. The fraction of sp³-hybridized carbons (Fsp3) is 0.375. The van der Waals surface area contributed by atoms with Gasteiger partial charge in [-0.3, -0.25) is 4.84 Å². The van der Waals surface area contributed by atoms with Gasteiger partial charge in [0.15, 0.2) is 0 Å². The highest BCUT2D eigenvalue weighted by Crippen LogP contribution is 2.26. The van der Waals surface area contributed by atoms with Gasteiger partial charge in [0.2, 0.25) is 0 Å². The van der Waals surface area contributed by atoms with Crippen molar-refractivity contribution in [1.82, 2.24) is 4.89 Å². The van der Waals surface area contributed by atoms with Crippen LogP contribution in [0.4, 0.5) is 0 Å². The van der Waals surface area contributed by atoms with Crippen LogP contribution in [0.2, 0.25) is 0 Å². The predicted octanol–water partition coefficient (Wildman–Crippen LogP) is 0.434. The second-order valence-corrected chi connectivity index (χ2v) is 4.60. The van der Waals surface area contributed by atoms with Gasteiger partial charge in [-0.05, 0) is 13.8 Å². The maximum atomic E-state index is 11.6. The van der Waals surface area contributed by atoms with Crippen LogP contribution < -0.4 is 4.89 Å². The number of carboxylic acid groups (broad SMARTS) is 1. The van der Waals surface area contributed by atoms with E-state index >= 15 is 0 Å². The molecule has 1 heterocycles. The van der Waals surface area contributed by atoms with Gasteiger partial charge in [0, 0.05) is 0 Å². The zero-order valence-electron chi connectivity index (χ0n) is 8.90. The molecule has 0 radical (unpaired) electrons. The first kappa shape index (κ1) is 12.7. The Hall–Kier alpha value is -1.38. The molecule has 0 unspecified atom stereocenters. The number of aryl methyl sites for hydroxylation is 2. The minimum atomic E-state index is -4.04. The minimum Gasteiger partial charge on any atom is -0.478 e. The molecule has 0 spiro atoms. The lowest BCUT2D eigenvalue weighted by atomic mass is 10.2. The van der Waals surface area contributed by atoms with Gasteiger partial charge in [-0.2, -0.15) is 0 Å². The van der Waals surface area contributed by atoms with Crippen molar-refractivity contribution in [2.24, 2.45) is 0 Å². The lowest BCUT2D eigenvalue weighted by Crippen LogP contribution is -2.24. The molecule has 0 atom stereocenters. The number of nitrogens with one attached hydrogen (secondary N) is 1. The summed E-state index contributed by atoms with van der Waals surface area (Å²) >= 11 is 0. The molecule has 90 valence electrons. The van der Waals surface area contributed by atoms with Gasteiger partial charge in [-0.15, -0.1) is 0 Å². The third-order valence-electron chi connectivity index (χ3n) is 1.88. The number of carboxylic acids is 1. The van der Waals surface area contributed by atoms with E-state index in [1.54, 1.807) is 4.89 Å². The van der Waals surface area contributed by atoms with E-state index < -0.39 is 20.9 Å². The van der Waals surface area contributed by atoms with Crippen LogP contribution in [0.25, 0.3) is 0 Å². The molecule has 0 bridgehead atoms. The standard InChI is InChI=1S/C8H11NO6S/c1-4-6(8(10)11)7(5(2)15-4)16(12,13)9-14-3/h9H,1-3H3,(H,10,11). The van der Waals surface area contributed by atoms with Crippen LogP contribution in [0.5, 0.6) is 0 Å². The maximum Gasteiger partial charge on any atom is 0.340 e. The summed E-state index contributed by atoms with van der Waals surface area (Å²) in [4.78, 5) is 16.5. The van der Waals surface area contributed by atoms with Crippen LogP contribution in [0.1, 0.15) is 21.9 Å². The molecular formula is C8H11NO6S. The third kappa shape index (κ3) is 2.08. The highest BCUT2D eigenvalue weighted by molar-refractivity contribution is 7.89. The van der Waals surface area contributed by atoms with Crippen molar-refractivity contribution in [2.45, 2.75) is 18.7 Å². The molecule has 1 rings (SSSR count). The van der Waals surface area contributed by atoms with E-state index in [2.05, 4.69) is 4.84 Å². The molecule has 0 aliphatic heterocycles. The summed E-state index contributed by atoms with van der Waals surface area (Å²) in [5.41, 5.74) is -0.387. The molecule has 1 aromatic heterocycles. The van der Waals surface area contributed by atoms with Gasteiger partial charge < -0.3 is 9.52 Å². The summed E-state index contributed by atoms with van der Waals surface area (Å²) in [6.45, 7) is 2.74. The molecule has 7 nitrogen and oxygen atoms in total. The average molecular weight is 249 g/mol. The molecule has 0 aliphatic carbocycles. The van der Waals surface area contributed by atoms with Crippen molar-refractivity contribution in [1.29, 1.82) is 0 Å². The van der Waals surface area contributed by atoms with Crippen LogP contribution in [0, 0.1) is 13.8 Å². The Morgan fingerprint density at radius 2 is 1.94 bits per heavy atom. The highest BCUT2D eigenvalue weighted by Gasteiger charge is 2.30. The van der Waals surface area contributed by atoms with Gasteiger partial charge in [0.05, 0.1) is 7.11 Å². The average Bonchev–Trinajstić information content (AvgIpc) is 2.41. The number of aromatic carboxylic acids is 1. The third-order valence-corrected chi connectivity index (χ3v) is 3.30. The number of hydrogen-bond donors (Lipinski definition) is 2. The first-order valence-electron chi connectivity index (χ1n) is 4.19. The first-order valence-corrected chi connectivity index (χ1v) is 5.67. The van der Waals surface area contributed by atoms with E-state index in [1.165, 1.54) is 13.8 Å². The molecule has 0 saturated carbocycles. The molecule has 0 saturated heterocycles. The van der Waals surface area contributed by atoms with Crippen LogP contribution in [-0.2, 0) is 14.9 Å². The van der Waals surface area contributed by atoms with E-state index in [4.69, 9.17) is 9.52 Å². The van der Waals surface area contributed by atoms with Crippen LogP contribution in [0.3, 0.4) is 0 Å². The van der Waals surface area contributed by atoms with Crippen molar-refractivity contribution in [3.05, 3.63) is 17.1 Å². The van der Waals surface area contributed by atoms with Crippen molar-refractivity contribution < 1.29 is 27.6 Å². The normalized spacial score (nSPS) is 11.7. The molecule has 0 aromatic carbocycles. The minimum absolute atomic E-state index is 0.000509. The summed E-state index contributed by atoms with van der Waals surface area (Å²) in [7, 11) is -2.93. The molecule has 8 heteroatoms. The van der Waals surface area contributed by atoms with Crippen molar-refractivity contribution >= 4 is 16.0 Å². The van der Waals surface area contributed by atoms with E-state index in [-0.39, 0.29) is 17.1 Å².